The molecule has 0 aromatic carbocycles. The smallest absolute Gasteiger partial charge is 0.110 e. The lowest BCUT2D eigenvalue weighted by Crippen LogP contribution is -2.45. The van der Waals surface area contributed by atoms with Gasteiger partial charge in [0.1, 0.15) is 5.01 Å². The average Bonchev–Trinajstić information content (AvgIpc) is 3.00. The van der Waals surface area contributed by atoms with Crippen molar-refractivity contribution in [3.05, 3.63) is 34.9 Å². The molecule has 0 amide bonds. The highest BCUT2D eigenvalue weighted by Gasteiger charge is 2.23. The SMILES string of the molecule is CCC(c1nc(-c2ccncc2)cs1)N1CCNCC1. The Morgan fingerprint density at radius 2 is 2.05 bits per heavy atom. The second-order valence-corrected chi connectivity index (χ2v) is 5.91. The van der Waals surface area contributed by atoms with E-state index < -0.39 is 0 Å². The van der Waals surface area contributed by atoms with Gasteiger partial charge >= 0.3 is 0 Å². The topological polar surface area (TPSA) is 41.1 Å². The summed E-state index contributed by atoms with van der Waals surface area (Å²) in [6.07, 6.45) is 4.76. The second kappa shape index (κ2) is 6.43. The first-order chi connectivity index (χ1) is 9.88. The zero-order chi connectivity index (χ0) is 13.8. The molecule has 3 rings (SSSR count). The molecular formula is C15H20N4S. The highest BCUT2D eigenvalue weighted by molar-refractivity contribution is 7.10. The maximum Gasteiger partial charge on any atom is 0.110 e. The van der Waals surface area contributed by atoms with E-state index in [0.29, 0.717) is 6.04 Å². The first-order valence-corrected chi connectivity index (χ1v) is 8.07. The zero-order valence-electron chi connectivity index (χ0n) is 11.7. The van der Waals surface area contributed by atoms with Gasteiger partial charge in [-0.1, -0.05) is 6.92 Å². The third-order valence-corrected chi connectivity index (χ3v) is 4.71. The van der Waals surface area contributed by atoms with E-state index in [1.807, 2.05) is 24.5 Å². The third-order valence-electron chi connectivity index (χ3n) is 3.76. The van der Waals surface area contributed by atoms with E-state index in [1.54, 1.807) is 11.3 Å². The van der Waals surface area contributed by atoms with Gasteiger partial charge in [-0.25, -0.2) is 4.98 Å². The Morgan fingerprint density at radius 1 is 1.30 bits per heavy atom. The zero-order valence-corrected chi connectivity index (χ0v) is 12.6. The monoisotopic (exact) mass is 288 g/mol. The molecule has 0 spiro atoms. The van der Waals surface area contributed by atoms with Crippen LogP contribution in [0.2, 0.25) is 0 Å². The molecule has 1 fully saturated rings. The molecule has 1 aliphatic rings. The van der Waals surface area contributed by atoms with Gasteiger partial charge in [-0.15, -0.1) is 11.3 Å². The summed E-state index contributed by atoms with van der Waals surface area (Å²) in [7, 11) is 0. The molecule has 0 radical (unpaired) electrons. The molecule has 2 aromatic rings. The number of nitrogens with zero attached hydrogens (tertiary/aromatic N) is 3. The maximum absolute atomic E-state index is 4.86. The number of rotatable bonds is 4. The van der Waals surface area contributed by atoms with E-state index in [2.05, 4.69) is 27.5 Å². The van der Waals surface area contributed by atoms with Crippen LogP contribution in [0.5, 0.6) is 0 Å². The number of hydrogen-bond donors (Lipinski definition) is 1. The van der Waals surface area contributed by atoms with Crippen LogP contribution in [0, 0.1) is 0 Å². The van der Waals surface area contributed by atoms with Gasteiger partial charge < -0.3 is 5.32 Å². The van der Waals surface area contributed by atoms with Gasteiger partial charge in [0.2, 0.25) is 0 Å². The van der Waals surface area contributed by atoms with Crippen molar-refractivity contribution in [3.8, 4) is 11.3 Å². The van der Waals surface area contributed by atoms with Gasteiger partial charge in [-0.2, -0.15) is 0 Å². The summed E-state index contributed by atoms with van der Waals surface area (Å²) < 4.78 is 0. The van der Waals surface area contributed by atoms with Crippen molar-refractivity contribution in [1.29, 1.82) is 0 Å². The van der Waals surface area contributed by atoms with E-state index >= 15 is 0 Å². The molecule has 3 heterocycles. The van der Waals surface area contributed by atoms with Crippen molar-refractivity contribution >= 4 is 11.3 Å². The molecule has 2 aromatic heterocycles. The molecule has 106 valence electrons. The molecular weight excluding hydrogens is 268 g/mol. The number of nitrogens with one attached hydrogen (secondary N) is 1. The van der Waals surface area contributed by atoms with Crippen molar-refractivity contribution in [2.45, 2.75) is 19.4 Å². The van der Waals surface area contributed by atoms with Crippen LogP contribution in [-0.2, 0) is 0 Å². The van der Waals surface area contributed by atoms with Gasteiger partial charge in [-0.3, -0.25) is 9.88 Å². The van der Waals surface area contributed by atoms with Crippen LogP contribution in [0.25, 0.3) is 11.3 Å². The number of pyridine rings is 1. The van der Waals surface area contributed by atoms with Crippen LogP contribution in [0.3, 0.4) is 0 Å². The Balaban J connectivity index is 1.80. The predicted molar refractivity (Wildman–Crippen MR) is 82.8 cm³/mol. The van der Waals surface area contributed by atoms with Gasteiger partial charge in [0.05, 0.1) is 11.7 Å². The van der Waals surface area contributed by atoms with Gasteiger partial charge in [0.25, 0.3) is 0 Å². The molecule has 1 saturated heterocycles. The Hall–Kier alpha value is -1.30. The van der Waals surface area contributed by atoms with Crippen molar-refractivity contribution in [2.24, 2.45) is 0 Å². The lowest BCUT2D eigenvalue weighted by molar-refractivity contribution is 0.169. The summed E-state index contributed by atoms with van der Waals surface area (Å²) in [5.41, 5.74) is 2.22. The predicted octanol–water partition coefficient (Wildman–Crippen LogP) is 2.56. The van der Waals surface area contributed by atoms with Crippen LogP contribution in [0.15, 0.2) is 29.9 Å². The molecule has 4 nitrogen and oxygen atoms in total. The van der Waals surface area contributed by atoms with Crippen LogP contribution < -0.4 is 5.32 Å². The molecule has 5 heteroatoms. The van der Waals surface area contributed by atoms with E-state index in [4.69, 9.17) is 4.98 Å². The van der Waals surface area contributed by atoms with Crippen LogP contribution in [0.4, 0.5) is 0 Å². The number of thiazole rings is 1. The molecule has 0 aliphatic carbocycles. The fraction of sp³-hybridized carbons (Fsp3) is 0.467. The quantitative estimate of drug-likeness (QED) is 0.939. The van der Waals surface area contributed by atoms with Crippen LogP contribution >= 0.6 is 11.3 Å². The van der Waals surface area contributed by atoms with Crippen molar-refractivity contribution < 1.29 is 0 Å². The summed E-state index contributed by atoms with van der Waals surface area (Å²) in [5, 5.41) is 6.81. The van der Waals surface area contributed by atoms with Gasteiger partial charge in [0.15, 0.2) is 0 Å². The molecule has 1 aliphatic heterocycles. The first kappa shape index (κ1) is 13.7. The first-order valence-electron chi connectivity index (χ1n) is 7.19. The highest BCUT2D eigenvalue weighted by Crippen LogP contribution is 2.30. The largest absolute Gasteiger partial charge is 0.314 e. The van der Waals surface area contributed by atoms with Crippen molar-refractivity contribution in [3.63, 3.8) is 0 Å². The molecule has 1 unspecified atom stereocenters. The molecule has 1 atom stereocenters. The average molecular weight is 288 g/mol. The third kappa shape index (κ3) is 2.90. The van der Waals surface area contributed by atoms with E-state index in [1.165, 1.54) is 5.01 Å². The van der Waals surface area contributed by atoms with Crippen LogP contribution in [0.1, 0.15) is 24.4 Å². The fourth-order valence-corrected chi connectivity index (χ4v) is 3.72. The van der Waals surface area contributed by atoms with E-state index in [0.717, 1.165) is 43.9 Å². The fourth-order valence-electron chi connectivity index (χ4n) is 2.68. The summed E-state index contributed by atoms with van der Waals surface area (Å²) in [6, 6.07) is 4.49. The van der Waals surface area contributed by atoms with Gasteiger partial charge in [-0.05, 0) is 18.6 Å². The Bertz CT molecular complexity index is 534. The maximum atomic E-state index is 4.86. The molecule has 1 N–H and O–H groups in total. The minimum Gasteiger partial charge on any atom is -0.314 e. The number of piperazine rings is 1. The van der Waals surface area contributed by atoms with Crippen molar-refractivity contribution in [1.82, 2.24) is 20.2 Å². The van der Waals surface area contributed by atoms with E-state index in [-0.39, 0.29) is 0 Å². The minimum absolute atomic E-state index is 0.456. The lowest BCUT2D eigenvalue weighted by atomic mass is 10.1. The number of aromatic nitrogens is 2. The summed E-state index contributed by atoms with van der Waals surface area (Å²) in [6.45, 7) is 6.64. The minimum atomic E-state index is 0.456. The van der Waals surface area contributed by atoms with Crippen LogP contribution in [-0.4, -0.2) is 41.0 Å². The number of hydrogen-bond acceptors (Lipinski definition) is 5. The summed E-state index contributed by atoms with van der Waals surface area (Å²) >= 11 is 1.78. The summed E-state index contributed by atoms with van der Waals surface area (Å²) in [4.78, 5) is 11.5. The molecule has 20 heavy (non-hydrogen) atoms. The second-order valence-electron chi connectivity index (χ2n) is 5.02. The van der Waals surface area contributed by atoms with Crippen molar-refractivity contribution in [2.75, 3.05) is 26.2 Å². The molecule has 0 saturated carbocycles. The Morgan fingerprint density at radius 3 is 2.75 bits per heavy atom. The Kier molecular flexibility index (Phi) is 4.40. The highest BCUT2D eigenvalue weighted by atomic mass is 32.1. The standard InChI is InChI=1S/C15H20N4S/c1-2-14(19-9-7-17-8-10-19)15-18-13(11-20-15)12-3-5-16-6-4-12/h3-6,11,14,17H,2,7-10H2,1H3. The van der Waals surface area contributed by atoms with E-state index in [9.17, 15) is 0 Å². The normalized spacial score (nSPS) is 18.1. The lowest BCUT2D eigenvalue weighted by Gasteiger charge is -2.33. The summed E-state index contributed by atoms with van der Waals surface area (Å²) in [5.74, 6) is 0. The Labute approximate surface area is 123 Å². The van der Waals surface area contributed by atoms with Gasteiger partial charge in [0, 0.05) is 49.5 Å². The molecule has 0 bridgehead atoms.